The molecule has 0 atom stereocenters. The topological polar surface area (TPSA) is 26.3 Å². The molecule has 1 aliphatic heterocycles. The van der Waals surface area contributed by atoms with Crippen LogP contribution in [0.15, 0.2) is 59.5 Å². The van der Waals surface area contributed by atoms with Gasteiger partial charge in [0, 0.05) is 10.5 Å². The molecule has 0 radical (unpaired) electrons. The van der Waals surface area contributed by atoms with Crippen LogP contribution in [0.5, 0.6) is 0 Å². The summed E-state index contributed by atoms with van der Waals surface area (Å²) in [4.78, 5) is 13.2. The van der Waals surface area contributed by atoms with Crippen molar-refractivity contribution in [1.29, 1.82) is 0 Å². The first kappa shape index (κ1) is 13.0. The third kappa shape index (κ3) is 2.37. The number of carbonyl (C=O) groups excluding carboxylic acids is 1. The maximum Gasteiger partial charge on any atom is 0.339 e. The summed E-state index contributed by atoms with van der Waals surface area (Å²) in [5, 5.41) is 0. The van der Waals surface area contributed by atoms with Crippen LogP contribution in [-0.4, -0.2) is 18.8 Å². The van der Waals surface area contributed by atoms with E-state index in [0.717, 1.165) is 16.7 Å². The van der Waals surface area contributed by atoms with Gasteiger partial charge in [-0.2, -0.15) is 0 Å². The third-order valence-corrected chi connectivity index (χ3v) is 4.10. The first-order valence-corrected chi connectivity index (χ1v) is 7.62. The number of esters is 1. The van der Waals surface area contributed by atoms with Gasteiger partial charge in [0.15, 0.2) is 0 Å². The van der Waals surface area contributed by atoms with Crippen molar-refractivity contribution >= 4 is 28.9 Å². The summed E-state index contributed by atoms with van der Waals surface area (Å²) in [5.41, 5.74) is 3.61. The second kappa shape index (κ2) is 5.55. The van der Waals surface area contributed by atoms with Gasteiger partial charge in [-0.05, 0) is 29.5 Å². The van der Waals surface area contributed by atoms with E-state index in [-0.39, 0.29) is 5.97 Å². The minimum atomic E-state index is -0.235. The van der Waals surface area contributed by atoms with Gasteiger partial charge in [-0.1, -0.05) is 42.5 Å². The van der Waals surface area contributed by atoms with Gasteiger partial charge in [-0.25, -0.2) is 4.79 Å². The summed E-state index contributed by atoms with van der Waals surface area (Å²) in [6.45, 7) is 0.350. The molecule has 0 amide bonds. The van der Waals surface area contributed by atoms with Gasteiger partial charge in [-0.3, -0.25) is 0 Å². The van der Waals surface area contributed by atoms with Gasteiger partial charge < -0.3 is 4.74 Å². The Morgan fingerprint density at radius 3 is 2.30 bits per heavy atom. The van der Waals surface area contributed by atoms with Gasteiger partial charge in [-0.15, -0.1) is 11.8 Å². The molecule has 0 aromatic heterocycles. The van der Waals surface area contributed by atoms with E-state index in [1.54, 1.807) is 11.8 Å². The minimum absolute atomic E-state index is 0.235. The zero-order valence-corrected chi connectivity index (χ0v) is 11.9. The molecular formula is C17H14O2S. The van der Waals surface area contributed by atoms with Crippen LogP contribution in [0, 0.1) is 0 Å². The lowest BCUT2D eigenvalue weighted by molar-refractivity contribution is -0.133. The van der Waals surface area contributed by atoms with Crippen LogP contribution in [0.4, 0.5) is 0 Å². The van der Waals surface area contributed by atoms with E-state index >= 15 is 0 Å². The van der Waals surface area contributed by atoms with Crippen LogP contribution in [0.2, 0.25) is 0 Å². The fourth-order valence-electron chi connectivity index (χ4n) is 2.32. The number of hydrogen-bond donors (Lipinski definition) is 0. The first-order valence-electron chi connectivity index (χ1n) is 6.39. The van der Waals surface area contributed by atoms with Gasteiger partial charge in [0.2, 0.25) is 0 Å². The molecule has 0 fully saturated rings. The Hall–Kier alpha value is -2.00. The summed E-state index contributed by atoms with van der Waals surface area (Å²) >= 11 is 1.69. The van der Waals surface area contributed by atoms with Crippen molar-refractivity contribution in [1.82, 2.24) is 0 Å². The molecule has 2 nitrogen and oxygen atoms in total. The van der Waals surface area contributed by atoms with Crippen molar-refractivity contribution in [3.63, 3.8) is 0 Å². The highest BCUT2D eigenvalue weighted by Gasteiger charge is 2.26. The van der Waals surface area contributed by atoms with E-state index in [2.05, 4.69) is 0 Å². The largest absolute Gasteiger partial charge is 0.457 e. The predicted octanol–water partition coefficient (Wildman–Crippen LogP) is 3.88. The normalized spacial score (nSPS) is 14.6. The Balaban J connectivity index is 2.09. The Morgan fingerprint density at radius 1 is 0.950 bits per heavy atom. The molecule has 0 saturated heterocycles. The fourth-order valence-corrected chi connectivity index (χ4v) is 2.73. The average molecular weight is 282 g/mol. The fraction of sp³-hybridized carbons (Fsp3) is 0.118. The molecule has 0 unspecified atom stereocenters. The van der Waals surface area contributed by atoms with Crippen molar-refractivity contribution < 1.29 is 9.53 Å². The molecule has 0 spiro atoms. The van der Waals surface area contributed by atoms with Crippen LogP contribution in [0.1, 0.15) is 11.1 Å². The minimum Gasteiger partial charge on any atom is -0.457 e. The van der Waals surface area contributed by atoms with Crippen molar-refractivity contribution in [2.75, 3.05) is 12.9 Å². The molecule has 3 rings (SSSR count). The first-order chi connectivity index (χ1) is 9.79. The van der Waals surface area contributed by atoms with Crippen LogP contribution in [0.25, 0.3) is 11.1 Å². The summed E-state index contributed by atoms with van der Waals surface area (Å²) in [5.74, 6) is -0.235. The zero-order valence-electron chi connectivity index (χ0n) is 11.1. The SMILES string of the molecule is CSc1ccc(C2=C(c3ccccc3)COC2=O)cc1. The lowest BCUT2D eigenvalue weighted by Crippen LogP contribution is -1.98. The second-order valence-electron chi connectivity index (χ2n) is 4.52. The quantitative estimate of drug-likeness (QED) is 0.631. The number of thioether (sulfide) groups is 1. The summed E-state index contributed by atoms with van der Waals surface area (Å²) in [6.07, 6.45) is 2.04. The van der Waals surface area contributed by atoms with E-state index in [0.29, 0.717) is 12.2 Å². The van der Waals surface area contributed by atoms with E-state index < -0.39 is 0 Å². The molecule has 100 valence electrons. The molecule has 1 aliphatic rings. The molecule has 0 saturated carbocycles. The Labute approximate surface area is 122 Å². The van der Waals surface area contributed by atoms with E-state index in [9.17, 15) is 4.79 Å². The average Bonchev–Trinajstić information content (AvgIpc) is 2.90. The monoisotopic (exact) mass is 282 g/mol. The van der Waals surface area contributed by atoms with Gasteiger partial charge in [0.1, 0.15) is 6.61 Å². The van der Waals surface area contributed by atoms with E-state index in [1.165, 1.54) is 4.90 Å². The Kier molecular flexibility index (Phi) is 3.61. The number of cyclic esters (lactones) is 1. The van der Waals surface area contributed by atoms with Crippen molar-refractivity contribution in [2.45, 2.75) is 4.90 Å². The van der Waals surface area contributed by atoms with Crippen LogP contribution in [0.3, 0.4) is 0 Å². The summed E-state index contributed by atoms with van der Waals surface area (Å²) in [7, 11) is 0. The predicted molar refractivity (Wildman–Crippen MR) is 82.4 cm³/mol. The van der Waals surface area contributed by atoms with Crippen molar-refractivity contribution in [2.24, 2.45) is 0 Å². The van der Waals surface area contributed by atoms with E-state index in [1.807, 2.05) is 60.9 Å². The molecule has 1 heterocycles. The molecule has 3 heteroatoms. The molecule has 20 heavy (non-hydrogen) atoms. The Morgan fingerprint density at radius 2 is 1.65 bits per heavy atom. The highest BCUT2D eigenvalue weighted by atomic mass is 32.2. The molecule has 0 aliphatic carbocycles. The van der Waals surface area contributed by atoms with Crippen LogP contribution in [-0.2, 0) is 9.53 Å². The Bertz CT molecular complexity index is 657. The van der Waals surface area contributed by atoms with Crippen molar-refractivity contribution in [3.8, 4) is 0 Å². The summed E-state index contributed by atoms with van der Waals surface area (Å²) < 4.78 is 5.23. The maximum absolute atomic E-state index is 12.0. The van der Waals surface area contributed by atoms with Gasteiger partial charge >= 0.3 is 5.97 Å². The van der Waals surface area contributed by atoms with E-state index in [4.69, 9.17) is 4.74 Å². The molecule has 2 aromatic carbocycles. The lowest BCUT2D eigenvalue weighted by atomic mass is 9.97. The summed E-state index contributed by atoms with van der Waals surface area (Å²) in [6, 6.07) is 17.9. The van der Waals surface area contributed by atoms with Crippen molar-refractivity contribution in [3.05, 3.63) is 65.7 Å². The zero-order chi connectivity index (χ0) is 13.9. The number of benzene rings is 2. The smallest absolute Gasteiger partial charge is 0.339 e. The number of hydrogen-bond acceptors (Lipinski definition) is 3. The van der Waals surface area contributed by atoms with Gasteiger partial charge in [0.05, 0.1) is 5.57 Å². The number of rotatable bonds is 3. The van der Waals surface area contributed by atoms with Crippen LogP contribution < -0.4 is 0 Å². The molecule has 0 bridgehead atoms. The standard InChI is InChI=1S/C17H14O2S/c1-20-14-9-7-13(8-10-14)16-15(11-19-17(16)18)12-5-3-2-4-6-12/h2-10H,11H2,1H3. The van der Waals surface area contributed by atoms with Crippen LogP contribution >= 0.6 is 11.8 Å². The lowest BCUT2D eigenvalue weighted by Gasteiger charge is -2.05. The highest BCUT2D eigenvalue weighted by Crippen LogP contribution is 2.33. The second-order valence-corrected chi connectivity index (χ2v) is 5.40. The van der Waals surface area contributed by atoms with Gasteiger partial charge in [0.25, 0.3) is 0 Å². The molecule has 0 N–H and O–H groups in total. The molecule has 2 aromatic rings. The maximum atomic E-state index is 12.0. The number of carbonyl (C=O) groups is 1. The molecular weight excluding hydrogens is 268 g/mol. The highest BCUT2D eigenvalue weighted by molar-refractivity contribution is 7.98. The number of ether oxygens (including phenoxy) is 1. The third-order valence-electron chi connectivity index (χ3n) is 3.35.